The first-order chi connectivity index (χ1) is 11.6. The second-order valence-electron chi connectivity index (χ2n) is 6.60. The van der Waals surface area contributed by atoms with E-state index in [1.165, 1.54) is 0 Å². The number of benzene rings is 1. The van der Waals surface area contributed by atoms with Crippen molar-refractivity contribution < 1.29 is 14.3 Å². The van der Waals surface area contributed by atoms with Gasteiger partial charge in [-0.2, -0.15) is 0 Å². The van der Waals surface area contributed by atoms with Crippen molar-refractivity contribution >= 4 is 5.91 Å². The van der Waals surface area contributed by atoms with Crippen LogP contribution in [0.15, 0.2) is 18.2 Å². The zero-order chi connectivity index (χ0) is 17.4. The molecule has 0 aromatic heterocycles. The highest BCUT2D eigenvalue weighted by atomic mass is 16.5. The van der Waals surface area contributed by atoms with Crippen molar-refractivity contribution in [3.05, 3.63) is 29.3 Å². The van der Waals surface area contributed by atoms with E-state index in [2.05, 4.69) is 23.6 Å². The van der Waals surface area contributed by atoms with Gasteiger partial charge in [-0.3, -0.25) is 4.79 Å². The number of carbonyl (C=O) groups is 1. The van der Waals surface area contributed by atoms with E-state index in [1.807, 2.05) is 19.1 Å². The first kappa shape index (κ1) is 18.7. The Labute approximate surface area is 145 Å². The first-order valence-electron chi connectivity index (χ1n) is 8.82. The van der Waals surface area contributed by atoms with Gasteiger partial charge in [0, 0.05) is 44.2 Å². The minimum absolute atomic E-state index is 0.109. The topological polar surface area (TPSA) is 59.6 Å². The fourth-order valence-electron chi connectivity index (χ4n) is 3.02. The van der Waals surface area contributed by atoms with Gasteiger partial charge in [-0.15, -0.1) is 0 Å². The van der Waals surface area contributed by atoms with Crippen molar-refractivity contribution in [2.24, 2.45) is 5.92 Å². The maximum atomic E-state index is 12.4. The fraction of sp³-hybridized carbons (Fsp3) is 0.632. The number of carbonyl (C=O) groups excluding carboxylic acids is 1. The SMILES string of the molecule is COCCCOc1cc(C)ccc1CNC(=O)[C@H]1CCN[C@@H](C)C1. The van der Waals surface area contributed by atoms with E-state index in [9.17, 15) is 4.79 Å². The lowest BCUT2D eigenvalue weighted by Gasteiger charge is -2.27. The molecule has 0 bridgehead atoms. The summed E-state index contributed by atoms with van der Waals surface area (Å²) < 4.78 is 10.9. The molecule has 5 nitrogen and oxygen atoms in total. The Morgan fingerprint density at radius 3 is 2.96 bits per heavy atom. The molecule has 1 amide bonds. The smallest absolute Gasteiger partial charge is 0.223 e. The number of nitrogens with one attached hydrogen (secondary N) is 2. The molecule has 0 radical (unpaired) electrons. The number of amides is 1. The van der Waals surface area contributed by atoms with E-state index in [0.29, 0.717) is 25.8 Å². The van der Waals surface area contributed by atoms with Crippen LogP contribution in [0.5, 0.6) is 5.75 Å². The summed E-state index contributed by atoms with van der Waals surface area (Å²) in [5.74, 6) is 1.11. The zero-order valence-corrected chi connectivity index (χ0v) is 15.1. The van der Waals surface area contributed by atoms with Gasteiger partial charge in [0.1, 0.15) is 5.75 Å². The molecule has 1 fully saturated rings. The number of aryl methyl sites for hydroxylation is 1. The molecule has 0 unspecified atom stereocenters. The van der Waals surface area contributed by atoms with Crippen molar-refractivity contribution in [2.75, 3.05) is 26.9 Å². The second kappa shape index (κ2) is 9.64. The number of piperidine rings is 1. The molecule has 24 heavy (non-hydrogen) atoms. The molecule has 1 aromatic rings. The predicted molar refractivity (Wildman–Crippen MR) is 95.2 cm³/mol. The van der Waals surface area contributed by atoms with Gasteiger partial charge in [-0.1, -0.05) is 12.1 Å². The van der Waals surface area contributed by atoms with Gasteiger partial charge in [0.05, 0.1) is 6.61 Å². The second-order valence-corrected chi connectivity index (χ2v) is 6.60. The maximum absolute atomic E-state index is 12.4. The quantitative estimate of drug-likeness (QED) is 0.717. The molecule has 1 aliphatic heterocycles. The molecule has 1 aromatic carbocycles. The first-order valence-corrected chi connectivity index (χ1v) is 8.82. The third-order valence-corrected chi connectivity index (χ3v) is 4.42. The van der Waals surface area contributed by atoms with Gasteiger partial charge in [-0.25, -0.2) is 0 Å². The Kier molecular flexibility index (Phi) is 7.53. The molecule has 2 atom stereocenters. The van der Waals surface area contributed by atoms with Crippen molar-refractivity contribution in [3.8, 4) is 5.75 Å². The number of hydrogen-bond acceptors (Lipinski definition) is 4. The summed E-state index contributed by atoms with van der Waals surface area (Å²) in [4.78, 5) is 12.4. The maximum Gasteiger partial charge on any atom is 0.223 e. The summed E-state index contributed by atoms with van der Waals surface area (Å²) in [6.45, 7) is 6.90. The van der Waals surface area contributed by atoms with Crippen molar-refractivity contribution in [3.63, 3.8) is 0 Å². The summed E-state index contributed by atoms with van der Waals surface area (Å²) in [5.41, 5.74) is 2.17. The average molecular weight is 334 g/mol. The Bertz CT molecular complexity index is 533. The van der Waals surface area contributed by atoms with E-state index >= 15 is 0 Å². The number of ether oxygens (including phenoxy) is 2. The normalized spacial score (nSPS) is 20.6. The minimum Gasteiger partial charge on any atom is -0.493 e. The van der Waals surface area contributed by atoms with E-state index in [-0.39, 0.29) is 11.8 Å². The van der Waals surface area contributed by atoms with Gasteiger partial charge >= 0.3 is 0 Å². The van der Waals surface area contributed by atoms with Crippen LogP contribution < -0.4 is 15.4 Å². The summed E-state index contributed by atoms with van der Waals surface area (Å²) in [5, 5.41) is 6.46. The third kappa shape index (κ3) is 5.80. The van der Waals surface area contributed by atoms with E-state index in [4.69, 9.17) is 9.47 Å². The van der Waals surface area contributed by atoms with Crippen LogP contribution >= 0.6 is 0 Å². The standard InChI is InChI=1S/C19H30N2O3/c1-14-5-6-17(18(11-14)24-10-4-9-23-3)13-21-19(22)16-7-8-20-15(2)12-16/h5-6,11,15-16,20H,4,7-10,12-13H2,1-3H3,(H,21,22)/t15-,16-/m0/s1. The summed E-state index contributed by atoms with van der Waals surface area (Å²) in [6, 6.07) is 6.53. The van der Waals surface area contributed by atoms with Gasteiger partial charge in [-0.05, 0) is 44.9 Å². The van der Waals surface area contributed by atoms with Gasteiger partial charge in [0.25, 0.3) is 0 Å². The lowest BCUT2D eigenvalue weighted by molar-refractivity contribution is -0.126. The molecular weight excluding hydrogens is 304 g/mol. The lowest BCUT2D eigenvalue weighted by atomic mass is 9.92. The van der Waals surface area contributed by atoms with Crippen LogP contribution in [0.1, 0.15) is 37.3 Å². The third-order valence-electron chi connectivity index (χ3n) is 4.42. The number of methoxy groups -OCH3 is 1. The Morgan fingerprint density at radius 2 is 2.21 bits per heavy atom. The van der Waals surface area contributed by atoms with E-state index in [0.717, 1.165) is 42.7 Å². The molecule has 1 aliphatic rings. The molecule has 134 valence electrons. The minimum atomic E-state index is 0.109. The monoisotopic (exact) mass is 334 g/mol. The predicted octanol–water partition coefficient (Wildman–Crippen LogP) is 2.41. The molecule has 0 saturated carbocycles. The lowest BCUT2D eigenvalue weighted by Crippen LogP contribution is -2.42. The van der Waals surface area contributed by atoms with Crippen molar-refractivity contribution in [1.82, 2.24) is 10.6 Å². The van der Waals surface area contributed by atoms with Crippen LogP contribution in [-0.2, 0) is 16.1 Å². The van der Waals surface area contributed by atoms with Gasteiger partial charge in [0.2, 0.25) is 5.91 Å². The highest BCUT2D eigenvalue weighted by Gasteiger charge is 2.24. The summed E-state index contributed by atoms with van der Waals surface area (Å²) >= 11 is 0. The van der Waals surface area contributed by atoms with E-state index < -0.39 is 0 Å². The van der Waals surface area contributed by atoms with Gasteiger partial charge < -0.3 is 20.1 Å². The van der Waals surface area contributed by atoms with Crippen LogP contribution in [0.3, 0.4) is 0 Å². The van der Waals surface area contributed by atoms with Crippen LogP contribution in [0.2, 0.25) is 0 Å². The van der Waals surface area contributed by atoms with Crippen LogP contribution in [0.25, 0.3) is 0 Å². The Balaban J connectivity index is 1.89. The molecule has 2 N–H and O–H groups in total. The van der Waals surface area contributed by atoms with Gasteiger partial charge in [0.15, 0.2) is 0 Å². The zero-order valence-electron chi connectivity index (χ0n) is 15.1. The molecule has 2 rings (SSSR count). The molecule has 1 saturated heterocycles. The Morgan fingerprint density at radius 1 is 1.38 bits per heavy atom. The molecule has 5 heteroatoms. The summed E-state index contributed by atoms with van der Waals surface area (Å²) in [7, 11) is 1.69. The molecule has 1 heterocycles. The van der Waals surface area contributed by atoms with Crippen molar-refractivity contribution in [1.29, 1.82) is 0 Å². The average Bonchev–Trinajstić information content (AvgIpc) is 2.57. The molecule has 0 spiro atoms. The van der Waals surface area contributed by atoms with E-state index in [1.54, 1.807) is 7.11 Å². The highest BCUT2D eigenvalue weighted by Crippen LogP contribution is 2.21. The fourth-order valence-corrected chi connectivity index (χ4v) is 3.02. The molecule has 0 aliphatic carbocycles. The summed E-state index contributed by atoms with van der Waals surface area (Å²) in [6.07, 6.45) is 2.66. The van der Waals surface area contributed by atoms with Crippen LogP contribution in [-0.4, -0.2) is 38.8 Å². The number of rotatable bonds is 8. The van der Waals surface area contributed by atoms with Crippen LogP contribution in [0.4, 0.5) is 0 Å². The highest BCUT2D eigenvalue weighted by molar-refractivity contribution is 5.78. The Hall–Kier alpha value is -1.59. The number of hydrogen-bond donors (Lipinski definition) is 2. The van der Waals surface area contributed by atoms with Crippen LogP contribution in [0, 0.1) is 12.8 Å². The largest absolute Gasteiger partial charge is 0.493 e. The van der Waals surface area contributed by atoms with Crippen molar-refractivity contribution in [2.45, 2.75) is 45.7 Å². The molecular formula is C19H30N2O3.